The van der Waals surface area contributed by atoms with Gasteiger partial charge in [-0.1, -0.05) is 0 Å². The van der Waals surface area contributed by atoms with Crippen LogP contribution >= 0.6 is 0 Å². The first-order valence-electron chi connectivity index (χ1n) is 11.9. The Kier molecular flexibility index (Phi) is 6.94. The molecule has 5 rings (SSSR count). The van der Waals surface area contributed by atoms with Crippen LogP contribution in [0.15, 0.2) is 54.7 Å². The lowest BCUT2D eigenvalue weighted by molar-refractivity contribution is 0.0627. The molecule has 3 heterocycles. The Morgan fingerprint density at radius 1 is 1.03 bits per heavy atom. The Morgan fingerprint density at radius 3 is 2.57 bits per heavy atom. The van der Waals surface area contributed by atoms with E-state index in [1.807, 2.05) is 53.4 Å². The molecule has 9 heteroatoms. The van der Waals surface area contributed by atoms with Crippen LogP contribution in [-0.4, -0.2) is 75.8 Å². The van der Waals surface area contributed by atoms with Gasteiger partial charge in [0.1, 0.15) is 17.3 Å². The standard InChI is InChI=1S/C26H30N6O3/c1-34-21-5-7-22(8-6-21)35-16-2-3-25-28-23-9-4-19(17-24(23)29-25)26(33)32-14-12-31(13-15-32)18-20-10-11-27-30-20/h4-11,17H,2-3,12-16,18H2,1H3,(H,27,30)(H,28,29). The summed E-state index contributed by atoms with van der Waals surface area (Å²) in [6, 6.07) is 15.3. The van der Waals surface area contributed by atoms with Crippen LogP contribution in [0.4, 0.5) is 0 Å². The predicted molar refractivity (Wildman–Crippen MR) is 133 cm³/mol. The fourth-order valence-corrected chi connectivity index (χ4v) is 4.32. The number of aryl methyl sites for hydroxylation is 1. The number of H-pyrrole nitrogens is 2. The third-order valence-electron chi connectivity index (χ3n) is 6.28. The van der Waals surface area contributed by atoms with E-state index in [0.29, 0.717) is 25.3 Å². The number of carbonyl (C=O) groups is 1. The Morgan fingerprint density at radius 2 is 1.83 bits per heavy atom. The second-order valence-corrected chi connectivity index (χ2v) is 8.69. The second kappa shape index (κ2) is 10.6. The van der Waals surface area contributed by atoms with Gasteiger partial charge in [-0.05, 0) is 55.0 Å². The highest BCUT2D eigenvalue weighted by molar-refractivity contribution is 5.97. The van der Waals surface area contributed by atoms with Crippen molar-refractivity contribution in [3.05, 3.63) is 71.8 Å². The molecule has 1 amide bonds. The van der Waals surface area contributed by atoms with E-state index in [1.54, 1.807) is 13.3 Å². The quantitative estimate of drug-likeness (QED) is 0.361. The minimum absolute atomic E-state index is 0.0668. The first kappa shape index (κ1) is 22.9. The van der Waals surface area contributed by atoms with Crippen molar-refractivity contribution in [3.8, 4) is 11.5 Å². The van der Waals surface area contributed by atoms with Crippen LogP contribution in [0.3, 0.4) is 0 Å². The Bertz CT molecular complexity index is 1240. The van der Waals surface area contributed by atoms with Crippen LogP contribution in [-0.2, 0) is 13.0 Å². The number of piperazine rings is 1. The summed E-state index contributed by atoms with van der Waals surface area (Å²) in [5.74, 6) is 2.60. The number of carbonyl (C=O) groups excluding carboxylic acids is 1. The molecule has 2 aromatic carbocycles. The molecule has 35 heavy (non-hydrogen) atoms. The van der Waals surface area contributed by atoms with Crippen LogP contribution < -0.4 is 9.47 Å². The van der Waals surface area contributed by atoms with Crippen molar-refractivity contribution in [2.24, 2.45) is 0 Å². The topological polar surface area (TPSA) is 99.4 Å². The lowest BCUT2D eigenvalue weighted by atomic mass is 10.1. The van der Waals surface area contributed by atoms with E-state index < -0.39 is 0 Å². The van der Waals surface area contributed by atoms with Gasteiger partial charge in [-0.15, -0.1) is 0 Å². The number of fused-ring (bicyclic) bond motifs is 1. The van der Waals surface area contributed by atoms with Gasteiger partial charge < -0.3 is 19.4 Å². The van der Waals surface area contributed by atoms with Gasteiger partial charge in [0.15, 0.2) is 0 Å². The van der Waals surface area contributed by atoms with E-state index in [2.05, 4.69) is 25.1 Å². The molecule has 0 radical (unpaired) electrons. The summed E-state index contributed by atoms with van der Waals surface area (Å²) in [5, 5.41) is 7.00. The average molecular weight is 475 g/mol. The lowest BCUT2D eigenvalue weighted by Crippen LogP contribution is -2.48. The maximum atomic E-state index is 13.1. The largest absolute Gasteiger partial charge is 0.497 e. The number of hydrogen-bond acceptors (Lipinski definition) is 6. The number of benzene rings is 2. The zero-order chi connectivity index (χ0) is 24.0. The second-order valence-electron chi connectivity index (χ2n) is 8.69. The number of nitrogens with zero attached hydrogens (tertiary/aromatic N) is 4. The van der Waals surface area contributed by atoms with E-state index in [9.17, 15) is 4.79 Å². The highest BCUT2D eigenvalue weighted by Crippen LogP contribution is 2.19. The molecule has 0 aliphatic carbocycles. The molecular formula is C26H30N6O3. The van der Waals surface area contributed by atoms with Gasteiger partial charge in [-0.2, -0.15) is 5.10 Å². The number of rotatable bonds is 9. The molecular weight excluding hydrogens is 444 g/mol. The van der Waals surface area contributed by atoms with Crippen molar-refractivity contribution in [1.82, 2.24) is 30.0 Å². The van der Waals surface area contributed by atoms with Gasteiger partial charge in [0.25, 0.3) is 5.91 Å². The van der Waals surface area contributed by atoms with E-state index >= 15 is 0 Å². The van der Waals surface area contributed by atoms with Crippen LogP contribution in [0.1, 0.15) is 28.3 Å². The predicted octanol–water partition coefficient (Wildman–Crippen LogP) is 3.26. The van der Waals surface area contributed by atoms with Crippen LogP contribution in [0.2, 0.25) is 0 Å². The summed E-state index contributed by atoms with van der Waals surface area (Å²) in [7, 11) is 1.65. The molecule has 0 spiro atoms. The van der Waals surface area contributed by atoms with Gasteiger partial charge in [0.05, 0.1) is 24.8 Å². The smallest absolute Gasteiger partial charge is 0.254 e. The fourth-order valence-electron chi connectivity index (χ4n) is 4.32. The van der Waals surface area contributed by atoms with Crippen molar-refractivity contribution in [2.45, 2.75) is 19.4 Å². The maximum absolute atomic E-state index is 13.1. The molecule has 2 N–H and O–H groups in total. The van der Waals surface area contributed by atoms with Gasteiger partial charge in [-0.25, -0.2) is 4.98 Å². The number of methoxy groups -OCH3 is 1. The summed E-state index contributed by atoms with van der Waals surface area (Å²) in [5.41, 5.74) is 3.55. The summed E-state index contributed by atoms with van der Waals surface area (Å²) in [6.07, 6.45) is 3.37. The lowest BCUT2D eigenvalue weighted by Gasteiger charge is -2.34. The molecule has 1 saturated heterocycles. The Hall–Kier alpha value is -3.85. The number of ether oxygens (including phenoxy) is 2. The van der Waals surface area contributed by atoms with E-state index in [1.165, 1.54) is 0 Å². The third kappa shape index (κ3) is 5.63. The van der Waals surface area contributed by atoms with Crippen molar-refractivity contribution in [1.29, 1.82) is 0 Å². The fraction of sp³-hybridized carbons (Fsp3) is 0.346. The molecule has 0 saturated carbocycles. The molecule has 1 fully saturated rings. The summed E-state index contributed by atoms with van der Waals surface area (Å²) in [4.78, 5) is 25.4. The number of nitrogens with one attached hydrogen (secondary N) is 2. The highest BCUT2D eigenvalue weighted by atomic mass is 16.5. The normalized spacial score (nSPS) is 14.4. The number of hydrogen-bond donors (Lipinski definition) is 2. The van der Waals surface area contributed by atoms with Crippen LogP contribution in [0.25, 0.3) is 11.0 Å². The number of aromatic amines is 2. The Balaban J connectivity index is 1.12. The molecule has 0 bridgehead atoms. The molecule has 1 aliphatic rings. The van der Waals surface area contributed by atoms with Gasteiger partial charge >= 0.3 is 0 Å². The molecule has 0 unspecified atom stereocenters. The van der Waals surface area contributed by atoms with E-state index in [-0.39, 0.29) is 5.91 Å². The van der Waals surface area contributed by atoms with E-state index in [0.717, 1.165) is 66.5 Å². The molecule has 4 aromatic rings. The monoisotopic (exact) mass is 474 g/mol. The minimum Gasteiger partial charge on any atom is -0.497 e. The third-order valence-corrected chi connectivity index (χ3v) is 6.28. The summed E-state index contributed by atoms with van der Waals surface area (Å²) in [6.45, 7) is 4.55. The maximum Gasteiger partial charge on any atom is 0.254 e. The average Bonchev–Trinajstić information content (AvgIpc) is 3.56. The zero-order valence-electron chi connectivity index (χ0n) is 19.9. The molecule has 2 aromatic heterocycles. The van der Waals surface area contributed by atoms with Crippen LogP contribution in [0, 0.1) is 0 Å². The molecule has 1 aliphatic heterocycles. The number of imidazole rings is 1. The SMILES string of the molecule is COc1ccc(OCCCc2nc3ccc(C(=O)N4CCN(Cc5ccn[nH]5)CC4)cc3[nH]2)cc1. The zero-order valence-corrected chi connectivity index (χ0v) is 19.9. The van der Waals surface area contributed by atoms with Gasteiger partial charge in [0, 0.05) is 56.6 Å². The first-order chi connectivity index (χ1) is 17.2. The van der Waals surface area contributed by atoms with Gasteiger partial charge in [0.2, 0.25) is 0 Å². The summed E-state index contributed by atoms with van der Waals surface area (Å²) >= 11 is 0. The van der Waals surface area contributed by atoms with Crippen LogP contribution in [0.5, 0.6) is 11.5 Å². The number of aromatic nitrogens is 4. The first-order valence-corrected chi connectivity index (χ1v) is 11.9. The van der Waals surface area contributed by atoms with E-state index in [4.69, 9.17) is 9.47 Å². The Labute approximate surface area is 204 Å². The number of amides is 1. The minimum atomic E-state index is 0.0668. The molecule has 0 atom stereocenters. The summed E-state index contributed by atoms with van der Waals surface area (Å²) < 4.78 is 11.0. The molecule has 182 valence electrons. The van der Waals surface area contributed by atoms with Crippen molar-refractivity contribution in [3.63, 3.8) is 0 Å². The van der Waals surface area contributed by atoms with Crippen molar-refractivity contribution >= 4 is 16.9 Å². The van der Waals surface area contributed by atoms with Gasteiger partial charge in [-0.3, -0.25) is 14.8 Å². The molecule has 9 nitrogen and oxygen atoms in total. The van der Waals surface area contributed by atoms with Crippen molar-refractivity contribution in [2.75, 3.05) is 39.9 Å². The highest BCUT2D eigenvalue weighted by Gasteiger charge is 2.23. The van der Waals surface area contributed by atoms with Crippen molar-refractivity contribution < 1.29 is 14.3 Å².